The van der Waals surface area contributed by atoms with Crippen molar-refractivity contribution in [2.45, 2.75) is 12.5 Å². The van der Waals surface area contributed by atoms with Crippen LogP contribution in [0.2, 0.25) is 0 Å². The van der Waals surface area contributed by atoms with Gasteiger partial charge in [0.15, 0.2) is 17.3 Å². The maximum Gasteiger partial charge on any atom is 0.267 e. The molecular formula is C20H21N7O4. The van der Waals surface area contributed by atoms with Gasteiger partial charge < -0.3 is 14.2 Å². The fourth-order valence-corrected chi connectivity index (χ4v) is 4.22. The van der Waals surface area contributed by atoms with E-state index in [4.69, 9.17) is 20.1 Å². The van der Waals surface area contributed by atoms with Gasteiger partial charge in [0.2, 0.25) is 12.5 Å². The summed E-state index contributed by atoms with van der Waals surface area (Å²) in [4.78, 5) is 14.5. The number of methoxy groups -OCH3 is 1. The van der Waals surface area contributed by atoms with Crippen molar-refractivity contribution < 1.29 is 19.0 Å². The van der Waals surface area contributed by atoms with Crippen molar-refractivity contribution in [2.75, 3.05) is 27.5 Å². The van der Waals surface area contributed by atoms with Gasteiger partial charge in [-0.15, -0.1) is 5.10 Å². The quantitative estimate of drug-likeness (QED) is 0.352. The van der Waals surface area contributed by atoms with Crippen molar-refractivity contribution in [3.63, 3.8) is 0 Å². The zero-order valence-corrected chi connectivity index (χ0v) is 17.0. The molecule has 3 heterocycles. The van der Waals surface area contributed by atoms with Crippen LogP contribution in [0.3, 0.4) is 0 Å². The predicted molar refractivity (Wildman–Crippen MR) is 108 cm³/mol. The van der Waals surface area contributed by atoms with Gasteiger partial charge in [-0.1, -0.05) is 12.1 Å². The summed E-state index contributed by atoms with van der Waals surface area (Å²) in [5.74, 6) is 7.32. The van der Waals surface area contributed by atoms with Crippen molar-refractivity contribution in [1.29, 1.82) is 0 Å². The Morgan fingerprint density at radius 2 is 2.16 bits per heavy atom. The number of hydrogen-bond acceptors (Lipinski definition) is 9. The van der Waals surface area contributed by atoms with Crippen LogP contribution in [0.15, 0.2) is 30.3 Å². The molecule has 2 aromatic carbocycles. The largest absolute Gasteiger partial charge is 0.492 e. The van der Waals surface area contributed by atoms with Crippen LogP contribution in [0.1, 0.15) is 33.4 Å². The van der Waals surface area contributed by atoms with Crippen LogP contribution in [-0.2, 0) is 6.42 Å². The Labute approximate surface area is 177 Å². The molecule has 31 heavy (non-hydrogen) atoms. The standard InChI is InChI=1S/C20H21N7O4/c1-26-8-7-11-9-14-17(31-10-30-14)18(29-2)15(11)16(26)19-23-24-25-27(19)13-6-4-3-5-12(13)20(28)22-21/h3-6,9,16H,7-8,10,21H2,1-2H3,(H,22,28). The number of likely N-dealkylation sites (N-methyl/N-ethyl adjacent to an activating group) is 1. The molecule has 1 aromatic heterocycles. The van der Waals surface area contributed by atoms with E-state index in [0.717, 1.165) is 24.1 Å². The van der Waals surface area contributed by atoms with E-state index in [0.29, 0.717) is 34.3 Å². The molecule has 160 valence electrons. The van der Waals surface area contributed by atoms with E-state index in [1.54, 1.807) is 30.0 Å². The van der Waals surface area contributed by atoms with Crippen molar-refractivity contribution in [3.05, 3.63) is 52.8 Å². The average Bonchev–Trinajstić information content (AvgIpc) is 3.46. The molecule has 3 N–H and O–H groups in total. The summed E-state index contributed by atoms with van der Waals surface area (Å²) < 4.78 is 18.6. The van der Waals surface area contributed by atoms with Gasteiger partial charge in [0, 0.05) is 12.1 Å². The van der Waals surface area contributed by atoms with Crippen molar-refractivity contribution in [3.8, 4) is 22.9 Å². The topological polar surface area (TPSA) is 130 Å². The Bertz CT molecular complexity index is 1160. The number of tetrazole rings is 1. The second-order valence-electron chi connectivity index (χ2n) is 7.29. The van der Waals surface area contributed by atoms with Crippen LogP contribution in [-0.4, -0.2) is 58.5 Å². The summed E-state index contributed by atoms with van der Waals surface area (Å²) in [6.45, 7) is 0.923. The monoisotopic (exact) mass is 423 g/mol. The van der Waals surface area contributed by atoms with Crippen LogP contribution in [0.25, 0.3) is 5.69 Å². The third-order valence-electron chi connectivity index (χ3n) is 5.64. The van der Waals surface area contributed by atoms with E-state index in [9.17, 15) is 4.79 Å². The Kier molecular flexibility index (Phi) is 4.68. The van der Waals surface area contributed by atoms with E-state index in [1.807, 2.05) is 19.2 Å². The molecule has 1 amide bonds. The molecule has 11 nitrogen and oxygen atoms in total. The van der Waals surface area contributed by atoms with E-state index in [2.05, 4.69) is 25.9 Å². The first-order valence-electron chi connectivity index (χ1n) is 9.72. The van der Waals surface area contributed by atoms with E-state index in [1.165, 1.54) is 0 Å². The first kappa shape index (κ1) is 19.3. The molecular weight excluding hydrogens is 402 g/mol. The lowest BCUT2D eigenvalue weighted by atomic mass is 9.90. The lowest BCUT2D eigenvalue weighted by Gasteiger charge is -2.34. The van der Waals surface area contributed by atoms with Gasteiger partial charge >= 0.3 is 0 Å². The molecule has 1 unspecified atom stereocenters. The number of nitrogens with zero attached hydrogens (tertiary/aromatic N) is 5. The van der Waals surface area contributed by atoms with Crippen LogP contribution in [0, 0.1) is 0 Å². The second-order valence-corrected chi connectivity index (χ2v) is 7.29. The van der Waals surface area contributed by atoms with Crippen molar-refractivity contribution in [1.82, 2.24) is 30.5 Å². The fraction of sp³-hybridized carbons (Fsp3) is 0.300. The van der Waals surface area contributed by atoms with Gasteiger partial charge in [0.1, 0.15) is 6.04 Å². The number of ether oxygens (including phenoxy) is 3. The lowest BCUT2D eigenvalue weighted by molar-refractivity contribution is 0.0953. The van der Waals surface area contributed by atoms with Crippen LogP contribution >= 0.6 is 0 Å². The van der Waals surface area contributed by atoms with Gasteiger partial charge in [-0.25, -0.2) is 5.84 Å². The molecule has 11 heteroatoms. The number of benzene rings is 2. The molecule has 0 saturated heterocycles. The number of nitrogens with two attached hydrogens (primary N) is 1. The first-order valence-corrected chi connectivity index (χ1v) is 9.72. The summed E-state index contributed by atoms with van der Waals surface area (Å²) in [6, 6.07) is 8.65. The van der Waals surface area contributed by atoms with Gasteiger partial charge in [0.05, 0.1) is 18.4 Å². The minimum Gasteiger partial charge on any atom is -0.492 e. The number of nitrogens with one attached hydrogen (secondary N) is 1. The normalized spacial score (nSPS) is 17.3. The van der Waals surface area contributed by atoms with E-state index >= 15 is 0 Å². The summed E-state index contributed by atoms with van der Waals surface area (Å²) >= 11 is 0. The molecule has 3 aromatic rings. The van der Waals surface area contributed by atoms with Gasteiger partial charge in [0.25, 0.3) is 5.91 Å². The van der Waals surface area contributed by atoms with Gasteiger partial charge in [-0.05, 0) is 47.7 Å². The number of fused-ring (bicyclic) bond motifs is 2. The van der Waals surface area contributed by atoms with Crippen LogP contribution in [0.5, 0.6) is 17.2 Å². The second kappa shape index (κ2) is 7.52. The Balaban J connectivity index is 1.70. The highest BCUT2D eigenvalue weighted by atomic mass is 16.7. The van der Waals surface area contributed by atoms with Crippen molar-refractivity contribution in [2.24, 2.45) is 5.84 Å². The number of carbonyl (C=O) groups is 1. The minimum atomic E-state index is -0.435. The molecule has 2 aliphatic heterocycles. The highest BCUT2D eigenvalue weighted by molar-refractivity contribution is 5.97. The summed E-state index contributed by atoms with van der Waals surface area (Å²) in [5.41, 5.74) is 5.04. The van der Waals surface area contributed by atoms with E-state index in [-0.39, 0.29) is 12.8 Å². The third kappa shape index (κ3) is 2.97. The summed E-state index contributed by atoms with van der Waals surface area (Å²) in [7, 11) is 3.60. The zero-order chi connectivity index (χ0) is 21.5. The maximum atomic E-state index is 12.3. The number of nitrogen functional groups attached to an aromatic ring is 1. The smallest absolute Gasteiger partial charge is 0.267 e. The van der Waals surface area contributed by atoms with Crippen molar-refractivity contribution >= 4 is 5.91 Å². The number of para-hydroxylation sites is 1. The molecule has 0 saturated carbocycles. The molecule has 0 radical (unpaired) electrons. The number of hydrogen-bond donors (Lipinski definition) is 2. The highest BCUT2D eigenvalue weighted by Gasteiger charge is 2.38. The number of rotatable bonds is 4. The maximum absolute atomic E-state index is 12.3. The Morgan fingerprint density at radius 3 is 2.97 bits per heavy atom. The number of amides is 1. The SMILES string of the molecule is COc1c2c(cc3c1C(c1nnnn1-c1ccccc1C(=O)NN)N(C)CC3)OCO2. The van der Waals surface area contributed by atoms with Crippen LogP contribution < -0.4 is 25.5 Å². The minimum absolute atomic E-state index is 0.147. The fourth-order valence-electron chi connectivity index (χ4n) is 4.22. The molecule has 5 rings (SSSR count). The number of aromatic nitrogens is 4. The molecule has 1 atom stereocenters. The summed E-state index contributed by atoms with van der Waals surface area (Å²) in [6.07, 6.45) is 0.809. The molecule has 2 aliphatic rings. The van der Waals surface area contributed by atoms with Gasteiger partial charge in [-0.3, -0.25) is 15.1 Å². The van der Waals surface area contributed by atoms with Gasteiger partial charge in [-0.2, -0.15) is 4.68 Å². The molecule has 0 spiro atoms. The average molecular weight is 423 g/mol. The molecule has 0 aliphatic carbocycles. The Hall–Kier alpha value is -3.70. The lowest BCUT2D eigenvalue weighted by Crippen LogP contribution is -2.35. The Morgan fingerprint density at radius 1 is 1.32 bits per heavy atom. The third-order valence-corrected chi connectivity index (χ3v) is 5.64. The van der Waals surface area contributed by atoms with E-state index < -0.39 is 5.91 Å². The predicted octanol–water partition coefficient (Wildman–Crippen LogP) is 0.580. The summed E-state index contributed by atoms with van der Waals surface area (Å²) in [5, 5.41) is 12.4. The molecule has 0 fully saturated rings. The highest BCUT2D eigenvalue weighted by Crippen LogP contribution is 2.50. The number of carbonyl (C=O) groups excluding carboxylic acids is 1. The first-order chi connectivity index (χ1) is 15.1. The molecule has 0 bridgehead atoms. The van der Waals surface area contributed by atoms with Crippen LogP contribution in [0.4, 0.5) is 0 Å². The zero-order valence-electron chi connectivity index (χ0n) is 17.0. The number of hydrazine groups is 1.